The van der Waals surface area contributed by atoms with Gasteiger partial charge in [-0.2, -0.15) is 5.10 Å². The van der Waals surface area contributed by atoms with Crippen molar-refractivity contribution in [2.45, 2.75) is 53.0 Å². The first-order chi connectivity index (χ1) is 15.5. The number of nitrogens with one attached hydrogen (secondary N) is 1. The molecule has 0 radical (unpaired) electrons. The van der Waals surface area contributed by atoms with Gasteiger partial charge in [0, 0.05) is 23.0 Å². The molecule has 0 aliphatic carbocycles. The molecule has 168 valence electrons. The molecule has 10 heteroatoms. The Balaban J connectivity index is 1.60. The van der Waals surface area contributed by atoms with Gasteiger partial charge < -0.3 is 0 Å². The van der Waals surface area contributed by atoms with E-state index in [1.54, 1.807) is 0 Å². The number of H-pyrrole nitrogens is 1. The van der Waals surface area contributed by atoms with Crippen molar-refractivity contribution in [2.24, 2.45) is 5.92 Å². The number of aryl methyl sites for hydroxylation is 1. The normalized spacial score (nSPS) is 11.6. The third-order valence-corrected chi connectivity index (χ3v) is 6.33. The number of benzene rings is 1. The maximum Gasteiger partial charge on any atom is 0.197 e. The van der Waals surface area contributed by atoms with Gasteiger partial charge in [-0.05, 0) is 78.4 Å². The molecule has 0 saturated carbocycles. The Morgan fingerprint density at radius 1 is 1.12 bits per heavy atom. The van der Waals surface area contributed by atoms with Crippen LogP contribution in [0, 0.1) is 5.92 Å². The molecule has 3 aromatic heterocycles. The number of rotatable bonds is 9. The summed E-state index contributed by atoms with van der Waals surface area (Å²) in [6, 6.07) is 10.4. The third-order valence-electron chi connectivity index (χ3n) is 5.14. The van der Waals surface area contributed by atoms with Crippen LogP contribution >= 0.6 is 31.9 Å². The molecule has 8 nitrogen and oxygen atoms in total. The number of tetrazole rings is 1. The van der Waals surface area contributed by atoms with Crippen molar-refractivity contribution < 1.29 is 0 Å². The van der Waals surface area contributed by atoms with Crippen molar-refractivity contribution >= 4 is 31.9 Å². The summed E-state index contributed by atoms with van der Waals surface area (Å²) in [5.74, 6) is 3.14. The molecule has 0 saturated heterocycles. The Hall–Kier alpha value is -2.33. The van der Waals surface area contributed by atoms with E-state index in [0.29, 0.717) is 18.3 Å². The highest BCUT2D eigenvalue weighted by atomic mass is 79.9. The monoisotopic (exact) mass is 560 g/mol. The maximum absolute atomic E-state index is 4.82. The van der Waals surface area contributed by atoms with Gasteiger partial charge in [-0.3, -0.25) is 4.57 Å². The Kier molecular flexibility index (Phi) is 7.20. The van der Waals surface area contributed by atoms with E-state index in [4.69, 9.17) is 10.1 Å². The molecule has 0 bridgehead atoms. The van der Waals surface area contributed by atoms with Gasteiger partial charge >= 0.3 is 0 Å². The van der Waals surface area contributed by atoms with E-state index < -0.39 is 0 Å². The summed E-state index contributed by atoms with van der Waals surface area (Å²) < 4.78 is 5.92. The quantitative estimate of drug-likeness (QED) is 0.297. The van der Waals surface area contributed by atoms with Crippen molar-refractivity contribution in [1.82, 2.24) is 40.0 Å². The predicted octanol–water partition coefficient (Wildman–Crippen LogP) is 5.36. The minimum atomic E-state index is 0.539. The number of hydrogen-bond acceptors (Lipinski definition) is 5. The van der Waals surface area contributed by atoms with E-state index in [2.05, 4.69) is 107 Å². The van der Waals surface area contributed by atoms with Crippen LogP contribution in [0.1, 0.15) is 50.8 Å². The van der Waals surface area contributed by atoms with E-state index in [1.807, 2.05) is 6.07 Å². The third kappa shape index (κ3) is 5.01. The molecule has 1 aromatic carbocycles. The lowest BCUT2D eigenvalue weighted by atomic mass is 10.1. The molecule has 1 N–H and O–H groups in total. The molecule has 0 amide bonds. The van der Waals surface area contributed by atoms with Crippen LogP contribution in [0.15, 0.2) is 39.4 Å². The minimum absolute atomic E-state index is 0.539. The summed E-state index contributed by atoms with van der Waals surface area (Å²) in [4.78, 5) is 4.82. The average Bonchev–Trinajstić information content (AvgIpc) is 3.46. The number of aromatic amines is 1. The fourth-order valence-electron chi connectivity index (χ4n) is 3.63. The SMILES string of the molecule is CCCCc1nc(CC(C)C)nn1Cc1ccc(-n2c(Br)cc(Br)c2-c2nnn[nH]2)cc1. The van der Waals surface area contributed by atoms with Crippen LogP contribution in [0.5, 0.6) is 0 Å². The maximum atomic E-state index is 4.82. The van der Waals surface area contributed by atoms with Crippen molar-refractivity contribution in [2.75, 3.05) is 0 Å². The van der Waals surface area contributed by atoms with Gasteiger partial charge in [-0.25, -0.2) is 14.8 Å². The smallest absolute Gasteiger partial charge is 0.197 e. The summed E-state index contributed by atoms with van der Waals surface area (Å²) in [6.45, 7) is 7.31. The minimum Gasteiger partial charge on any atom is -0.300 e. The van der Waals surface area contributed by atoms with E-state index in [0.717, 1.165) is 57.8 Å². The van der Waals surface area contributed by atoms with Gasteiger partial charge in [-0.1, -0.05) is 39.3 Å². The molecule has 32 heavy (non-hydrogen) atoms. The second kappa shape index (κ2) is 10.1. The van der Waals surface area contributed by atoms with Crippen LogP contribution in [0.3, 0.4) is 0 Å². The van der Waals surface area contributed by atoms with E-state index in [1.165, 1.54) is 5.56 Å². The van der Waals surface area contributed by atoms with Crippen LogP contribution in [0.4, 0.5) is 0 Å². The predicted molar refractivity (Wildman–Crippen MR) is 131 cm³/mol. The first-order valence-electron chi connectivity index (χ1n) is 10.8. The van der Waals surface area contributed by atoms with Crippen molar-refractivity contribution in [1.29, 1.82) is 0 Å². The zero-order valence-electron chi connectivity index (χ0n) is 18.4. The van der Waals surface area contributed by atoms with Crippen LogP contribution < -0.4 is 0 Å². The molecule has 0 aliphatic heterocycles. The van der Waals surface area contributed by atoms with Gasteiger partial charge in [0.15, 0.2) is 11.6 Å². The molecule has 0 atom stereocenters. The molecule has 0 aliphatic rings. The number of nitrogens with zero attached hydrogens (tertiary/aromatic N) is 7. The summed E-state index contributed by atoms with van der Waals surface area (Å²) in [5, 5.41) is 19.1. The van der Waals surface area contributed by atoms with Gasteiger partial charge in [0.25, 0.3) is 0 Å². The first-order valence-corrected chi connectivity index (χ1v) is 12.4. The van der Waals surface area contributed by atoms with Crippen LogP contribution in [-0.2, 0) is 19.4 Å². The Morgan fingerprint density at radius 3 is 2.56 bits per heavy atom. The number of halogens is 2. The summed E-state index contributed by atoms with van der Waals surface area (Å²) in [7, 11) is 0. The van der Waals surface area contributed by atoms with Gasteiger partial charge in [0.1, 0.15) is 11.5 Å². The van der Waals surface area contributed by atoms with E-state index >= 15 is 0 Å². The zero-order chi connectivity index (χ0) is 22.7. The van der Waals surface area contributed by atoms with Crippen LogP contribution in [0.2, 0.25) is 0 Å². The summed E-state index contributed by atoms with van der Waals surface area (Å²) >= 11 is 7.25. The second-order valence-corrected chi connectivity index (χ2v) is 9.89. The lowest BCUT2D eigenvalue weighted by Crippen LogP contribution is -2.08. The molecule has 0 fully saturated rings. The highest BCUT2D eigenvalue weighted by Gasteiger charge is 2.18. The number of hydrogen-bond donors (Lipinski definition) is 1. The number of aromatic nitrogens is 8. The largest absolute Gasteiger partial charge is 0.300 e. The molecular weight excluding hydrogens is 536 g/mol. The summed E-state index contributed by atoms with van der Waals surface area (Å²) in [6.07, 6.45) is 4.12. The zero-order valence-corrected chi connectivity index (χ0v) is 21.6. The molecule has 0 unspecified atom stereocenters. The van der Waals surface area contributed by atoms with E-state index in [-0.39, 0.29) is 0 Å². The highest BCUT2D eigenvalue weighted by molar-refractivity contribution is 9.11. The number of unbranched alkanes of at least 4 members (excludes halogenated alkanes) is 1. The van der Waals surface area contributed by atoms with Crippen LogP contribution in [-0.4, -0.2) is 40.0 Å². The van der Waals surface area contributed by atoms with Crippen molar-refractivity contribution in [3.8, 4) is 17.2 Å². The van der Waals surface area contributed by atoms with Gasteiger partial charge in [-0.15, -0.1) is 5.10 Å². The van der Waals surface area contributed by atoms with Crippen LogP contribution in [0.25, 0.3) is 17.2 Å². The average molecular weight is 562 g/mol. The lowest BCUT2D eigenvalue weighted by molar-refractivity contribution is 0.592. The summed E-state index contributed by atoms with van der Waals surface area (Å²) in [5.41, 5.74) is 3.03. The lowest BCUT2D eigenvalue weighted by Gasteiger charge is -2.11. The van der Waals surface area contributed by atoms with Crippen molar-refractivity contribution in [3.63, 3.8) is 0 Å². The van der Waals surface area contributed by atoms with Gasteiger partial charge in [0.05, 0.1) is 11.1 Å². The van der Waals surface area contributed by atoms with Crippen molar-refractivity contribution in [3.05, 3.63) is 56.6 Å². The topological polar surface area (TPSA) is 90.1 Å². The molecular formula is C22H26Br2N8. The van der Waals surface area contributed by atoms with Gasteiger partial charge in [0.2, 0.25) is 0 Å². The Morgan fingerprint density at radius 2 is 1.91 bits per heavy atom. The highest BCUT2D eigenvalue weighted by Crippen LogP contribution is 2.35. The van der Waals surface area contributed by atoms with E-state index in [9.17, 15) is 0 Å². The standard InChI is InChI=1S/C22H26Br2N8/c1-4-5-6-20-25-19(11-14(2)3)28-31(20)13-15-7-9-16(10-8-15)32-18(24)12-17(23)21(32)22-26-29-30-27-22/h7-10,12,14H,4-6,11,13H2,1-3H3,(H,26,27,29,30). The second-order valence-electron chi connectivity index (χ2n) is 8.22. The molecule has 4 rings (SSSR count). The molecule has 3 heterocycles. The molecule has 0 spiro atoms. The Labute approximate surface area is 204 Å². The fourth-order valence-corrected chi connectivity index (χ4v) is 5.13. The first kappa shape index (κ1) is 22.8. The fraction of sp³-hybridized carbons (Fsp3) is 0.409. The molecule has 4 aromatic rings. The Bertz CT molecular complexity index is 1160.